The molecule has 0 saturated heterocycles. The third-order valence-electron chi connectivity index (χ3n) is 5.24. The molecule has 1 N–H and O–H groups in total. The van der Waals surface area contributed by atoms with E-state index in [0.29, 0.717) is 5.69 Å². The lowest BCUT2D eigenvalue weighted by molar-refractivity contribution is 0.0989. The van der Waals surface area contributed by atoms with Crippen molar-refractivity contribution in [2.75, 3.05) is 12.0 Å². The maximum absolute atomic E-state index is 13.4. The van der Waals surface area contributed by atoms with Crippen molar-refractivity contribution in [2.24, 2.45) is 0 Å². The molecule has 2 aromatic heterocycles. The van der Waals surface area contributed by atoms with Gasteiger partial charge in [-0.15, -0.1) is 0 Å². The molecule has 1 aliphatic heterocycles. The Labute approximate surface area is 181 Å². The van der Waals surface area contributed by atoms with Crippen LogP contribution in [0, 0.1) is 0 Å². The van der Waals surface area contributed by atoms with Crippen molar-refractivity contribution in [3.05, 3.63) is 94.4 Å². The fourth-order valence-corrected chi connectivity index (χ4v) is 4.10. The van der Waals surface area contributed by atoms with Gasteiger partial charge in [0.1, 0.15) is 11.4 Å². The van der Waals surface area contributed by atoms with Crippen LogP contribution in [0.15, 0.2) is 77.5 Å². The average Bonchev–Trinajstić information content (AvgIpc) is 3.34. The third-order valence-corrected chi connectivity index (χ3v) is 5.77. The molecule has 0 saturated carbocycles. The van der Waals surface area contributed by atoms with E-state index in [-0.39, 0.29) is 11.9 Å². The molecule has 30 heavy (non-hydrogen) atoms. The summed E-state index contributed by atoms with van der Waals surface area (Å²) >= 11 is 3.46. The molecule has 1 atom stereocenters. The minimum atomic E-state index is -0.335. The second kappa shape index (κ2) is 7.42. The summed E-state index contributed by atoms with van der Waals surface area (Å²) in [6, 6.07) is 18.9. The van der Waals surface area contributed by atoms with Gasteiger partial charge in [0.05, 0.1) is 18.8 Å². The first-order valence-corrected chi connectivity index (χ1v) is 10.2. The number of nitrogens with one attached hydrogen (secondary N) is 1. The zero-order chi connectivity index (χ0) is 20.7. The van der Waals surface area contributed by atoms with Gasteiger partial charge in [0, 0.05) is 33.7 Å². The summed E-state index contributed by atoms with van der Waals surface area (Å²) in [5, 5.41) is 7.46. The van der Waals surface area contributed by atoms with Gasteiger partial charge in [0.2, 0.25) is 0 Å². The van der Waals surface area contributed by atoms with Crippen LogP contribution in [0.25, 0.3) is 11.3 Å². The number of halogens is 1. The number of hydrogen-bond acceptors (Lipinski definition) is 4. The number of rotatable bonds is 4. The Bertz CT molecular complexity index is 1200. The van der Waals surface area contributed by atoms with Gasteiger partial charge in [-0.1, -0.05) is 22.0 Å². The van der Waals surface area contributed by atoms with Gasteiger partial charge >= 0.3 is 0 Å². The number of carbonyl (C=O) groups excluding carboxylic acids is 1. The van der Waals surface area contributed by atoms with Gasteiger partial charge in [-0.25, -0.2) is 0 Å². The van der Waals surface area contributed by atoms with Crippen LogP contribution in [0.1, 0.15) is 27.7 Å². The smallest absolute Gasteiger partial charge is 0.277 e. The van der Waals surface area contributed by atoms with Gasteiger partial charge in [-0.2, -0.15) is 5.10 Å². The van der Waals surface area contributed by atoms with Gasteiger partial charge in [0.15, 0.2) is 0 Å². The molecular weight excluding hydrogens is 444 g/mol. The predicted octanol–water partition coefficient (Wildman–Crippen LogP) is 4.99. The number of aromatic amines is 1. The number of nitrogens with zero attached hydrogens (tertiary/aromatic N) is 3. The number of H-pyrrole nitrogens is 1. The van der Waals surface area contributed by atoms with Crippen LogP contribution in [0.4, 0.5) is 5.69 Å². The van der Waals surface area contributed by atoms with Crippen LogP contribution in [0.5, 0.6) is 5.75 Å². The zero-order valence-electron chi connectivity index (χ0n) is 16.0. The second-order valence-corrected chi connectivity index (χ2v) is 7.85. The van der Waals surface area contributed by atoms with E-state index in [1.165, 1.54) is 0 Å². The molecule has 5 rings (SSSR count). The van der Waals surface area contributed by atoms with Crippen molar-refractivity contribution < 1.29 is 9.53 Å². The number of aromatic nitrogens is 3. The van der Waals surface area contributed by atoms with E-state index < -0.39 is 0 Å². The molecule has 0 aliphatic carbocycles. The first-order valence-electron chi connectivity index (χ1n) is 9.39. The fraction of sp³-hybridized carbons (Fsp3) is 0.0870. The summed E-state index contributed by atoms with van der Waals surface area (Å²) in [5.74, 6) is 0.649. The number of benzene rings is 2. The van der Waals surface area contributed by atoms with Gasteiger partial charge < -0.3 is 4.74 Å². The molecule has 0 radical (unpaired) electrons. The van der Waals surface area contributed by atoms with Crippen molar-refractivity contribution in [3.8, 4) is 17.0 Å². The lowest BCUT2D eigenvalue weighted by atomic mass is 9.97. The topological polar surface area (TPSA) is 71.1 Å². The molecule has 0 bridgehead atoms. The lowest BCUT2D eigenvalue weighted by Crippen LogP contribution is -2.29. The van der Waals surface area contributed by atoms with Gasteiger partial charge in [-0.3, -0.25) is 19.8 Å². The van der Waals surface area contributed by atoms with Crippen molar-refractivity contribution >= 4 is 27.5 Å². The maximum Gasteiger partial charge on any atom is 0.277 e. The van der Waals surface area contributed by atoms with E-state index in [0.717, 1.165) is 38.3 Å². The van der Waals surface area contributed by atoms with Crippen LogP contribution < -0.4 is 9.64 Å². The van der Waals surface area contributed by atoms with E-state index in [1.54, 1.807) is 24.4 Å². The van der Waals surface area contributed by atoms with Crippen molar-refractivity contribution in [3.63, 3.8) is 0 Å². The Morgan fingerprint density at radius 2 is 1.83 bits per heavy atom. The first-order chi connectivity index (χ1) is 14.7. The molecule has 1 amide bonds. The number of carbonyl (C=O) groups is 1. The van der Waals surface area contributed by atoms with Crippen molar-refractivity contribution in [1.29, 1.82) is 0 Å². The van der Waals surface area contributed by atoms with Gasteiger partial charge in [-0.05, 0) is 60.2 Å². The molecule has 0 fully saturated rings. The van der Waals surface area contributed by atoms with E-state index in [2.05, 4.69) is 31.1 Å². The highest BCUT2D eigenvalue weighted by atomic mass is 79.9. The van der Waals surface area contributed by atoms with Crippen molar-refractivity contribution in [1.82, 2.24) is 15.2 Å². The summed E-state index contributed by atoms with van der Waals surface area (Å²) in [6.45, 7) is 0. The Kier molecular flexibility index (Phi) is 4.59. The molecule has 0 spiro atoms. The fourth-order valence-electron chi connectivity index (χ4n) is 3.84. The number of anilines is 1. The second-order valence-electron chi connectivity index (χ2n) is 6.93. The van der Waals surface area contributed by atoms with E-state index in [4.69, 9.17) is 4.74 Å². The normalized spacial score (nSPS) is 15.3. The van der Waals surface area contributed by atoms with E-state index >= 15 is 0 Å². The predicted molar refractivity (Wildman–Crippen MR) is 118 cm³/mol. The molecule has 148 valence electrons. The number of amides is 1. The third kappa shape index (κ3) is 2.98. The highest BCUT2D eigenvalue weighted by Crippen LogP contribution is 2.45. The van der Waals surface area contributed by atoms with E-state index in [9.17, 15) is 4.79 Å². The lowest BCUT2D eigenvalue weighted by Gasteiger charge is -2.26. The largest absolute Gasteiger partial charge is 0.497 e. The SMILES string of the molecule is COc1ccc(-c2n[nH]c3c2[C@H](c2cccnc2)N(c2ccc(Br)cc2)C3=O)cc1. The summed E-state index contributed by atoms with van der Waals surface area (Å²) in [7, 11) is 1.63. The summed E-state index contributed by atoms with van der Waals surface area (Å²) in [5.41, 5.74) is 4.73. The maximum atomic E-state index is 13.4. The highest BCUT2D eigenvalue weighted by Gasteiger charge is 2.43. The van der Waals surface area contributed by atoms with Crippen molar-refractivity contribution in [2.45, 2.75) is 6.04 Å². The number of ether oxygens (including phenoxy) is 1. The standard InChI is InChI=1S/C23H17BrN4O2/c1-30-18-10-4-14(5-11-18)20-19-21(27-26-20)23(29)28(17-8-6-16(24)7-9-17)22(19)15-3-2-12-25-13-15/h2-13,22H,1H3,(H,26,27)/t22-/m0/s1. The number of methoxy groups -OCH3 is 1. The van der Waals surface area contributed by atoms with Crippen LogP contribution in [-0.2, 0) is 0 Å². The summed E-state index contributed by atoms with van der Waals surface area (Å²) in [6.07, 6.45) is 3.52. The minimum Gasteiger partial charge on any atom is -0.497 e. The van der Waals surface area contributed by atoms with E-state index in [1.807, 2.05) is 60.7 Å². The molecule has 0 unspecified atom stereocenters. The average molecular weight is 461 g/mol. The molecule has 7 heteroatoms. The molecule has 3 heterocycles. The minimum absolute atomic E-state index is 0.117. The van der Waals surface area contributed by atoms with Gasteiger partial charge in [0.25, 0.3) is 5.91 Å². The highest BCUT2D eigenvalue weighted by molar-refractivity contribution is 9.10. The zero-order valence-corrected chi connectivity index (χ0v) is 17.6. The summed E-state index contributed by atoms with van der Waals surface area (Å²) in [4.78, 5) is 19.5. The molecule has 2 aromatic carbocycles. The monoisotopic (exact) mass is 460 g/mol. The van der Waals surface area contributed by atoms with Crippen LogP contribution >= 0.6 is 15.9 Å². The Morgan fingerprint density at radius 3 is 2.50 bits per heavy atom. The number of pyridine rings is 1. The molecule has 6 nitrogen and oxygen atoms in total. The molecular formula is C23H17BrN4O2. The Hall–Kier alpha value is -3.45. The quantitative estimate of drug-likeness (QED) is 0.465. The first kappa shape index (κ1) is 18.6. The number of fused-ring (bicyclic) bond motifs is 1. The number of hydrogen-bond donors (Lipinski definition) is 1. The summed E-state index contributed by atoms with van der Waals surface area (Å²) < 4.78 is 6.22. The van der Waals surface area contributed by atoms with Crippen LogP contribution in [0.2, 0.25) is 0 Å². The Morgan fingerprint density at radius 1 is 1.07 bits per heavy atom. The van der Waals surface area contributed by atoms with Crippen LogP contribution in [0.3, 0.4) is 0 Å². The molecule has 1 aliphatic rings. The Balaban J connectivity index is 1.69. The van der Waals surface area contributed by atoms with Crippen LogP contribution in [-0.4, -0.2) is 28.2 Å². The molecule has 4 aromatic rings.